The Bertz CT molecular complexity index is 553. The zero-order chi connectivity index (χ0) is 13.3. The Morgan fingerprint density at radius 3 is 2.50 bits per heavy atom. The first-order chi connectivity index (χ1) is 8.45. The largest absolute Gasteiger partial charge is 0.496 e. The number of hydrogen-bond acceptors (Lipinski definition) is 4. The van der Waals surface area contributed by atoms with E-state index in [-0.39, 0.29) is 5.41 Å². The summed E-state index contributed by atoms with van der Waals surface area (Å²) in [6.45, 7) is 6.22. The Balaban J connectivity index is 2.67. The van der Waals surface area contributed by atoms with Crippen LogP contribution in [0.2, 0.25) is 0 Å². The quantitative estimate of drug-likeness (QED) is 0.883. The Morgan fingerprint density at radius 2 is 1.89 bits per heavy atom. The van der Waals surface area contributed by atoms with Crippen LogP contribution in [0.1, 0.15) is 26.5 Å². The Kier molecular flexibility index (Phi) is 3.03. The maximum absolute atomic E-state index is 5.91. The van der Waals surface area contributed by atoms with Crippen LogP contribution >= 0.6 is 0 Å². The summed E-state index contributed by atoms with van der Waals surface area (Å²) in [5.74, 6) is 1.09. The molecule has 2 rings (SSSR count). The third-order valence-corrected chi connectivity index (χ3v) is 2.81. The van der Waals surface area contributed by atoms with Crippen LogP contribution in [-0.4, -0.2) is 12.3 Å². The fourth-order valence-electron chi connectivity index (χ4n) is 1.93. The smallest absolute Gasteiger partial charge is 0.230 e. The number of anilines is 1. The highest BCUT2D eigenvalue weighted by Crippen LogP contribution is 2.40. The van der Waals surface area contributed by atoms with Crippen molar-refractivity contribution < 1.29 is 9.26 Å². The van der Waals surface area contributed by atoms with Gasteiger partial charge in [0.25, 0.3) is 0 Å². The van der Waals surface area contributed by atoms with Crippen LogP contribution in [0.25, 0.3) is 11.1 Å². The molecule has 1 heterocycles. The van der Waals surface area contributed by atoms with E-state index in [0.717, 1.165) is 22.6 Å². The molecular weight excluding hydrogens is 228 g/mol. The SMILES string of the molecule is COc1ccccc1-c1c(C(C)(C)C)noc1N. The lowest BCUT2D eigenvalue weighted by Crippen LogP contribution is -2.13. The van der Waals surface area contributed by atoms with Gasteiger partial charge in [-0.3, -0.25) is 0 Å². The van der Waals surface area contributed by atoms with Crippen molar-refractivity contribution in [2.45, 2.75) is 26.2 Å². The number of nitrogen functional groups attached to an aromatic ring is 1. The Morgan fingerprint density at radius 1 is 1.22 bits per heavy atom. The summed E-state index contributed by atoms with van der Waals surface area (Å²) in [6.07, 6.45) is 0. The highest BCUT2D eigenvalue weighted by atomic mass is 16.5. The summed E-state index contributed by atoms with van der Waals surface area (Å²) >= 11 is 0. The van der Waals surface area contributed by atoms with Gasteiger partial charge in [-0.05, 0) is 6.07 Å². The first-order valence-electron chi connectivity index (χ1n) is 5.84. The standard InChI is InChI=1S/C14H18N2O2/c1-14(2,3)12-11(13(15)18-16-12)9-7-5-6-8-10(9)17-4/h5-8H,15H2,1-4H3. The van der Waals surface area contributed by atoms with Gasteiger partial charge in [-0.15, -0.1) is 0 Å². The highest BCUT2D eigenvalue weighted by molar-refractivity contribution is 5.80. The second kappa shape index (κ2) is 4.37. The van der Waals surface area contributed by atoms with Crippen LogP contribution in [0.15, 0.2) is 28.8 Å². The number of nitrogens with two attached hydrogens (primary N) is 1. The summed E-state index contributed by atoms with van der Waals surface area (Å²) in [7, 11) is 1.64. The molecule has 1 aromatic heterocycles. The van der Waals surface area contributed by atoms with E-state index in [1.807, 2.05) is 24.3 Å². The molecule has 0 aliphatic rings. The van der Waals surface area contributed by atoms with Gasteiger partial charge in [-0.2, -0.15) is 0 Å². The number of methoxy groups -OCH3 is 1. The van der Waals surface area contributed by atoms with E-state index in [1.54, 1.807) is 7.11 Å². The van der Waals surface area contributed by atoms with Gasteiger partial charge in [0.1, 0.15) is 5.75 Å². The molecule has 0 fully saturated rings. The van der Waals surface area contributed by atoms with Gasteiger partial charge in [-0.1, -0.05) is 44.1 Å². The average Bonchev–Trinajstić information content (AvgIpc) is 2.70. The molecule has 0 aliphatic carbocycles. The molecule has 0 bridgehead atoms. The predicted octanol–water partition coefficient (Wildman–Crippen LogP) is 3.23. The molecule has 18 heavy (non-hydrogen) atoms. The van der Waals surface area contributed by atoms with Crippen LogP contribution in [0, 0.1) is 0 Å². The van der Waals surface area contributed by atoms with Crippen LogP contribution in [0.3, 0.4) is 0 Å². The summed E-state index contributed by atoms with van der Waals surface area (Å²) in [4.78, 5) is 0. The third-order valence-electron chi connectivity index (χ3n) is 2.81. The summed E-state index contributed by atoms with van der Waals surface area (Å²) in [5, 5.41) is 4.08. The molecule has 0 aliphatic heterocycles. The summed E-state index contributed by atoms with van der Waals surface area (Å²) in [5.41, 5.74) is 8.33. The molecule has 0 saturated carbocycles. The van der Waals surface area contributed by atoms with Crippen molar-refractivity contribution in [3.05, 3.63) is 30.0 Å². The fraction of sp³-hybridized carbons (Fsp3) is 0.357. The molecule has 0 spiro atoms. The molecule has 0 atom stereocenters. The first-order valence-corrected chi connectivity index (χ1v) is 5.84. The average molecular weight is 246 g/mol. The van der Waals surface area contributed by atoms with E-state index in [2.05, 4.69) is 25.9 Å². The van der Waals surface area contributed by atoms with Gasteiger partial charge in [0.15, 0.2) is 0 Å². The summed E-state index contributed by atoms with van der Waals surface area (Å²) < 4.78 is 10.5. The van der Waals surface area contributed by atoms with E-state index in [1.165, 1.54) is 0 Å². The lowest BCUT2D eigenvalue weighted by Gasteiger charge is -2.17. The fourth-order valence-corrected chi connectivity index (χ4v) is 1.93. The Hall–Kier alpha value is -1.97. The number of benzene rings is 1. The second-order valence-corrected chi connectivity index (χ2v) is 5.22. The van der Waals surface area contributed by atoms with Crippen molar-refractivity contribution >= 4 is 5.88 Å². The Labute approximate surface area is 107 Å². The van der Waals surface area contributed by atoms with Gasteiger partial charge in [0, 0.05) is 11.0 Å². The van der Waals surface area contributed by atoms with E-state index in [9.17, 15) is 0 Å². The molecule has 0 saturated heterocycles. The van der Waals surface area contributed by atoms with Crippen molar-refractivity contribution in [3.63, 3.8) is 0 Å². The third kappa shape index (κ3) is 2.06. The number of ether oxygens (including phenoxy) is 1. The minimum absolute atomic E-state index is 0.142. The van der Waals surface area contributed by atoms with Gasteiger partial charge < -0.3 is 15.0 Å². The van der Waals surface area contributed by atoms with Gasteiger partial charge in [0.05, 0.1) is 18.4 Å². The maximum atomic E-state index is 5.91. The number of rotatable bonds is 2. The van der Waals surface area contributed by atoms with Crippen LogP contribution in [0.4, 0.5) is 5.88 Å². The lowest BCUT2D eigenvalue weighted by molar-refractivity contribution is 0.405. The van der Waals surface area contributed by atoms with Crippen LogP contribution in [0.5, 0.6) is 5.75 Å². The minimum atomic E-state index is -0.142. The molecule has 4 heteroatoms. The second-order valence-electron chi connectivity index (χ2n) is 5.22. The monoisotopic (exact) mass is 246 g/mol. The molecule has 1 aromatic carbocycles. The molecule has 2 aromatic rings. The van der Waals surface area contributed by atoms with E-state index in [0.29, 0.717) is 5.88 Å². The zero-order valence-electron chi connectivity index (χ0n) is 11.2. The lowest BCUT2D eigenvalue weighted by atomic mass is 9.87. The number of para-hydroxylation sites is 1. The van der Waals surface area contributed by atoms with E-state index >= 15 is 0 Å². The molecule has 2 N–H and O–H groups in total. The molecule has 0 unspecified atom stereocenters. The molecule has 96 valence electrons. The minimum Gasteiger partial charge on any atom is -0.496 e. The van der Waals surface area contributed by atoms with Crippen molar-refractivity contribution in [1.82, 2.24) is 5.16 Å². The van der Waals surface area contributed by atoms with E-state index in [4.69, 9.17) is 15.0 Å². The zero-order valence-corrected chi connectivity index (χ0v) is 11.2. The van der Waals surface area contributed by atoms with Crippen molar-refractivity contribution in [1.29, 1.82) is 0 Å². The van der Waals surface area contributed by atoms with Gasteiger partial charge in [-0.25, -0.2) is 0 Å². The van der Waals surface area contributed by atoms with E-state index < -0.39 is 0 Å². The highest BCUT2D eigenvalue weighted by Gasteiger charge is 2.27. The molecular formula is C14H18N2O2. The first kappa shape index (κ1) is 12.5. The van der Waals surface area contributed by atoms with Crippen molar-refractivity contribution in [2.75, 3.05) is 12.8 Å². The van der Waals surface area contributed by atoms with Crippen LogP contribution < -0.4 is 10.5 Å². The van der Waals surface area contributed by atoms with Gasteiger partial charge in [0.2, 0.25) is 5.88 Å². The topological polar surface area (TPSA) is 61.3 Å². The maximum Gasteiger partial charge on any atom is 0.230 e. The summed E-state index contributed by atoms with van der Waals surface area (Å²) in [6, 6.07) is 7.71. The number of aromatic nitrogens is 1. The normalized spacial score (nSPS) is 11.6. The molecule has 4 nitrogen and oxygen atoms in total. The van der Waals surface area contributed by atoms with Gasteiger partial charge >= 0.3 is 0 Å². The van der Waals surface area contributed by atoms with Crippen molar-refractivity contribution in [2.24, 2.45) is 0 Å². The molecule has 0 radical (unpaired) electrons. The van der Waals surface area contributed by atoms with Crippen molar-refractivity contribution in [3.8, 4) is 16.9 Å². The number of nitrogens with zero attached hydrogens (tertiary/aromatic N) is 1. The molecule has 0 amide bonds. The van der Waals surface area contributed by atoms with Crippen LogP contribution in [-0.2, 0) is 5.41 Å². The number of hydrogen-bond donors (Lipinski definition) is 1. The predicted molar refractivity (Wildman–Crippen MR) is 71.6 cm³/mol.